The SMILES string of the molecule is COc1ccc(OC)c(C(C)(C)CS(=O)(=O)Cl)c1. The van der Waals surface area contributed by atoms with Crippen LogP contribution in [0.3, 0.4) is 0 Å². The van der Waals surface area contributed by atoms with Gasteiger partial charge in [0.2, 0.25) is 9.05 Å². The summed E-state index contributed by atoms with van der Waals surface area (Å²) in [6, 6.07) is 5.27. The fourth-order valence-corrected chi connectivity index (χ4v) is 3.69. The molecule has 0 saturated heterocycles. The molecule has 0 N–H and O–H groups in total. The topological polar surface area (TPSA) is 52.6 Å². The van der Waals surface area contributed by atoms with Crippen LogP contribution < -0.4 is 9.47 Å². The lowest BCUT2D eigenvalue weighted by Crippen LogP contribution is -2.26. The maximum absolute atomic E-state index is 11.3. The summed E-state index contributed by atoms with van der Waals surface area (Å²) in [6.07, 6.45) is 0. The average molecular weight is 293 g/mol. The van der Waals surface area contributed by atoms with Crippen LogP contribution in [0, 0.1) is 0 Å². The lowest BCUT2D eigenvalue weighted by Gasteiger charge is -2.26. The lowest BCUT2D eigenvalue weighted by atomic mass is 9.86. The van der Waals surface area contributed by atoms with Gasteiger partial charge in [0.1, 0.15) is 11.5 Å². The van der Waals surface area contributed by atoms with Crippen molar-refractivity contribution in [3.63, 3.8) is 0 Å². The standard InChI is InChI=1S/C12H17ClO4S/c1-12(2,8-18(13,14)15)10-7-9(16-3)5-6-11(10)17-4/h5-7H,8H2,1-4H3. The minimum Gasteiger partial charge on any atom is -0.497 e. The fourth-order valence-electron chi connectivity index (χ4n) is 1.85. The molecular weight excluding hydrogens is 276 g/mol. The highest BCUT2D eigenvalue weighted by molar-refractivity contribution is 8.13. The van der Waals surface area contributed by atoms with Gasteiger partial charge in [-0.25, -0.2) is 8.42 Å². The van der Waals surface area contributed by atoms with Crippen molar-refractivity contribution in [3.8, 4) is 11.5 Å². The van der Waals surface area contributed by atoms with Crippen LogP contribution in [0.2, 0.25) is 0 Å². The number of benzene rings is 1. The highest BCUT2D eigenvalue weighted by Gasteiger charge is 2.30. The summed E-state index contributed by atoms with van der Waals surface area (Å²) in [7, 11) is 4.83. The third-order valence-electron chi connectivity index (χ3n) is 2.67. The van der Waals surface area contributed by atoms with Crippen molar-refractivity contribution in [3.05, 3.63) is 23.8 Å². The van der Waals surface area contributed by atoms with Crippen LogP contribution >= 0.6 is 10.7 Å². The molecule has 0 saturated carbocycles. The van der Waals surface area contributed by atoms with E-state index in [4.69, 9.17) is 20.2 Å². The Bertz CT molecular complexity index is 523. The Labute approximate surface area is 112 Å². The van der Waals surface area contributed by atoms with Crippen molar-refractivity contribution < 1.29 is 17.9 Å². The van der Waals surface area contributed by atoms with E-state index in [0.29, 0.717) is 11.5 Å². The van der Waals surface area contributed by atoms with Crippen molar-refractivity contribution >= 4 is 19.7 Å². The molecule has 0 aliphatic carbocycles. The molecule has 0 aliphatic rings. The Morgan fingerprint density at radius 2 is 1.83 bits per heavy atom. The van der Waals surface area contributed by atoms with Crippen molar-refractivity contribution in [1.82, 2.24) is 0 Å². The number of ether oxygens (including phenoxy) is 2. The maximum Gasteiger partial charge on any atom is 0.233 e. The summed E-state index contributed by atoms with van der Waals surface area (Å²) in [4.78, 5) is 0. The minimum absolute atomic E-state index is 0.176. The zero-order valence-electron chi connectivity index (χ0n) is 10.9. The quantitative estimate of drug-likeness (QED) is 0.783. The minimum atomic E-state index is -3.60. The first-order valence-corrected chi connectivity index (χ1v) is 7.82. The van der Waals surface area contributed by atoms with Gasteiger partial charge < -0.3 is 9.47 Å². The molecule has 6 heteroatoms. The Balaban J connectivity index is 3.28. The van der Waals surface area contributed by atoms with Gasteiger partial charge >= 0.3 is 0 Å². The molecule has 0 unspecified atom stereocenters. The van der Waals surface area contributed by atoms with E-state index < -0.39 is 14.5 Å². The number of hydrogen-bond donors (Lipinski definition) is 0. The first kappa shape index (κ1) is 15.1. The van der Waals surface area contributed by atoms with Crippen LogP contribution in [0.4, 0.5) is 0 Å². The van der Waals surface area contributed by atoms with Crippen molar-refractivity contribution in [1.29, 1.82) is 0 Å². The summed E-state index contributed by atoms with van der Waals surface area (Å²) in [6.45, 7) is 3.59. The van der Waals surface area contributed by atoms with Crippen molar-refractivity contribution in [2.24, 2.45) is 0 Å². The summed E-state index contributed by atoms with van der Waals surface area (Å²) in [5, 5.41) is 0. The molecular formula is C12H17ClO4S. The third kappa shape index (κ3) is 3.78. The predicted octanol–water partition coefficient (Wildman–Crippen LogP) is 2.55. The predicted molar refractivity (Wildman–Crippen MR) is 72.2 cm³/mol. The van der Waals surface area contributed by atoms with Gasteiger partial charge in [0.15, 0.2) is 0 Å². The molecule has 0 amide bonds. The zero-order chi connectivity index (χ0) is 14.0. The van der Waals surface area contributed by atoms with Crippen LogP contribution in [-0.2, 0) is 14.5 Å². The second-order valence-corrected chi connectivity index (χ2v) is 7.41. The summed E-state index contributed by atoms with van der Waals surface area (Å²) >= 11 is 0. The van der Waals surface area contributed by atoms with E-state index in [0.717, 1.165) is 5.56 Å². The molecule has 0 atom stereocenters. The molecule has 0 fully saturated rings. The third-order valence-corrected chi connectivity index (χ3v) is 4.06. The van der Waals surface area contributed by atoms with E-state index in [2.05, 4.69) is 0 Å². The second kappa shape index (κ2) is 5.36. The number of hydrogen-bond acceptors (Lipinski definition) is 4. The van der Waals surface area contributed by atoms with Gasteiger partial charge in [-0.05, 0) is 18.2 Å². The zero-order valence-corrected chi connectivity index (χ0v) is 12.4. The largest absolute Gasteiger partial charge is 0.497 e. The van der Waals surface area contributed by atoms with Gasteiger partial charge in [-0.15, -0.1) is 0 Å². The van der Waals surface area contributed by atoms with E-state index in [-0.39, 0.29) is 5.75 Å². The Morgan fingerprint density at radius 1 is 1.22 bits per heavy atom. The molecule has 0 aromatic heterocycles. The van der Waals surface area contributed by atoms with Gasteiger partial charge in [0, 0.05) is 21.7 Å². The van der Waals surface area contributed by atoms with Gasteiger partial charge in [-0.3, -0.25) is 0 Å². The molecule has 1 aromatic rings. The van der Waals surface area contributed by atoms with Crippen LogP contribution in [0.15, 0.2) is 18.2 Å². The van der Waals surface area contributed by atoms with Crippen molar-refractivity contribution in [2.45, 2.75) is 19.3 Å². The van der Waals surface area contributed by atoms with Gasteiger partial charge in [0.05, 0.1) is 20.0 Å². The number of methoxy groups -OCH3 is 2. The molecule has 4 nitrogen and oxygen atoms in total. The van der Waals surface area contributed by atoms with E-state index in [1.54, 1.807) is 39.2 Å². The summed E-state index contributed by atoms with van der Waals surface area (Å²) in [5.41, 5.74) is 0.0778. The molecule has 102 valence electrons. The number of rotatable bonds is 5. The van der Waals surface area contributed by atoms with Crippen LogP contribution in [0.1, 0.15) is 19.4 Å². The van der Waals surface area contributed by atoms with Crippen LogP contribution in [0.5, 0.6) is 11.5 Å². The second-order valence-electron chi connectivity index (χ2n) is 4.63. The molecule has 18 heavy (non-hydrogen) atoms. The Kier molecular flexibility index (Phi) is 4.50. The van der Waals surface area contributed by atoms with Gasteiger partial charge in [0.25, 0.3) is 0 Å². The average Bonchev–Trinajstić information content (AvgIpc) is 2.25. The number of halogens is 1. The molecule has 1 aromatic carbocycles. The molecule has 0 radical (unpaired) electrons. The molecule has 1 rings (SSSR count). The first-order valence-electron chi connectivity index (χ1n) is 5.34. The molecule has 0 bridgehead atoms. The van der Waals surface area contributed by atoms with Gasteiger partial charge in [-0.1, -0.05) is 13.8 Å². The monoisotopic (exact) mass is 292 g/mol. The smallest absolute Gasteiger partial charge is 0.233 e. The highest BCUT2D eigenvalue weighted by Crippen LogP contribution is 2.36. The summed E-state index contributed by atoms with van der Waals surface area (Å²) < 4.78 is 32.9. The highest BCUT2D eigenvalue weighted by atomic mass is 35.7. The Morgan fingerprint density at radius 3 is 2.28 bits per heavy atom. The summed E-state index contributed by atoms with van der Waals surface area (Å²) in [5.74, 6) is 1.08. The van der Waals surface area contributed by atoms with E-state index >= 15 is 0 Å². The molecule has 0 spiro atoms. The van der Waals surface area contributed by atoms with Crippen LogP contribution in [-0.4, -0.2) is 28.4 Å². The molecule has 0 heterocycles. The van der Waals surface area contributed by atoms with Crippen LogP contribution in [0.25, 0.3) is 0 Å². The normalized spacial score (nSPS) is 12.3. The maximum atomic E-state index is 11.3. The molecule has 0 aliphatic heterocycles. The first-order chi connectivity index (χ1) is 8.19. The van der Waals surface area contributed by atoms with E-state index in [1.165, 1.54) is 7.11 Å². The Hall–Kier alpha value is -0.940. The van der Waals surface area contributed by atoms with E-state index in [9.17, 15) is 8.42 Å². The van der Waals surface area contributed by atoms with Gasteiger partial charge in [-0.2, -0.15) is 0 Å². The van der Waals surface area contributed by atoms with Crippen molar-refractivity contribution in [2.75, 3.05) is 20.0 Å². The fraction of sp³-hybridized carbons (Fsp3) is 0.500. The lowest BCUT2D eigenvalue weighted by molar-refractivity contribution is 0.388. The van der Waals surface area contributed by atoms with E-state index in [1.807, 2.05) is 0 Å².